The Bertz CT molecular complexity index is 313. The topological polar surface area (TPSA) is 54.0 Å². The summed E-state index contributed by atoms with van der Waals surface area (Å²) in [6.45, 7) is 2.47. The standard InChI is InChI=1S/C12H19N3O/c1-3-5-11(15-9-12(16)13-2)10-6-4-7-14-8-10/h4,6-8,11,15H,3,5,9H2,1-2H3,(H,13,16). The van der Waals surface area contributed by atoms with Crippen molar-refractivity contribution in [2.24, 2.45) is 0 Å². The van der Waals surface area contributed by atoms with Crippen molar-refractivity contribution in [3.8, 4) is 0 Å². The summed E-state index contributed by atoms with van der Waals surface area (Å²) in [5, 5.41) is 5.83. The number of hydrogen-bond acceptors (Lipinski definition) is 3. The molecule has 0 saturated carbocycles. The van der Waals surface area contributed by atoms with E-state index in [1.165, 1.54) is 0 Å². The fourth-order valence-corrected chi connectivity index (χ4v) is 1.56. The number of carbonyl (C=O) groups is 1. The van der Waals surface area contributed by atoms with Gasteiger partial charge >= 0.3 is 0 Å². The van der Waals surface area contributed by atoms with Crippen LogP contribution in [0.15, 0.2) is 24.5 Å². The second-order valence-corrected chi connectivity index (χ2v) is 3.68. The first kappa shape index (κ1) is 12.6. The van der Waals surface area contributed by atoms with Gasteiger partial charge in [-0.3, -0.25) is 9.78 Å². The summed E-state index contributed by atoms with van der Waals surface area (Å²) in [5.41, 5.74) is 1.13. The highest BCUT2D eigenvalue weighted by Gasteiger charge is 2.10. The van der Waals surface area contributed by atoms with Crippen molar-refractivity contribution in [3.63, 3.8) is 0 Å². The number of hydrogen-bond donors (Lipinski definition) is 2. The minimum atomic E-state index is 0.00462. The van der Waals surface area contributed by atoms with E-state index in [1.807, 2.05) is 18.3 Å². The Labute approximate surface area is 96.5 Å². The summed E-state index contributed by atoms with van der Waals surface area (Å²) in [6.07, 6.45) is 5.67. The van der Waals surface area contributed by atoms with Crippen LogP contribution < -0.4 is 10.6 Å². The molecule has 0 fully saturated rings. The van der Waals surface area contributed by atoms with E-state index in [0.717, 1.165) is 18.4 Å². The molecule has 0 aromatic carbocycles. The number of aromatic nitrogens is 1. The summed E-state index contributed by atoms with van der Waals surface area (Å²) < 4.78 is 0. The van der Waals surface area contributed by atoms with Gasteiger partial charge in [-0.2, -0.15) is 0 Å². The van der Waals surface area contributed by atoms with E-state index >= 15 is 0 Å². The third-order valence-corrected chi connectivity index (χ3v) is 2.45. The number of nitrogens with one attached hydrogen (secondary N) is 2. The molecule has 1 aromatic rings. The molecule has 0 bridgehead atoms. The summed E-state index contributed by atoms with van der Waals surface area (Å²) in [7, 11) is 1.64. The number of carbonyl (C=O) groups excluding carboxylic acids is 1. The lowest BCUT2D eigenvalue weighted by Gasteiger charge is -2.17. The third-order valence-electron chi connectivity index (χ3n) is 2.45. The van der Waals surface area contributed by atoms with Crippen LogP contribution in [0.3, 0.4) is 0 Å². The van der Waals surface area contributed by atoms with E-state index in [0.29, 0.717) is 6.54 Å². The molecular formula is C12H19N3O. The number of rotatable bonds is 6. The maximum absolute atomic E-state index is 11.2. The summed E-state index contributed by atoms with van der Waals surface area (Å²) in [6, 6.07) is 4.15. The van der Waals surface area contributed by atoms with Gasteiger partial charge in [0.25, 0.3) is 0 Å². The number of amides is 1. The van der Waals surface area contributed by atoms with E-state index in [-0.39, 0.29) is 11.9 Å². The van der Waals surface area contributed by atoms with Gasteiger partial charge in [0.2, 0.25) is 5.91 Å². The van der Waals surface area contributed by atoms with Crippen LogP contribution in [0.4, 0.5) is 0 Å². The molecule has 1 aromatic heterocycles. The molecule has 1 heterocycles. The van der Waals surface area contributed by atoms with Crippen molar-refractivity contribution in [1.82, 2.24) is 15.6 Å². The lowest BCUT2D eigenvalue weighted by molar-refractivity contribution is -0.119. The van der Waals surface area contributed by atoms with E-state index in [9.17, 15) is 4.79 Å². The van der Waals surface area contributed by atoms with Gasteiger partial charge in [0.05, 0.1) is 6.54 Å². The molecule has 1 rings (SSSR count). The zero-order chi connectivity index (χ0) is 11.8. The molecule has 1 atom stereocenters. The fourth-order valence-electron chi connectivity index (χ4n) is 1.56. The normalized spacial score (nSPS) is 12.1. The molecule has 1 amide bonds. The zero-order valence-corrected chi connectivity index (χ0v) is 9.86. The molecule has 0 aliphatic heterocycles. The van der Waals surface area contributed by atoms with Crippen LogP contribution in [0.5, 0.6) is 0 Å². The highest BCUT2D eigenvalue weighted by atomic mass is 16.1. The number of likely N-dealkylation sites (N-methyl/N-ethyl adjacent to an activating group) is 1. The SMILES string of the molecule is CCCC(NCC(=O)NC)c1cccnc1. The Hall–Kier alpha value is -1.42. The second kappa shape index (κ2) is 6.95. The first-order chi connectivity index (χ1) is 7.77. The molecular weight excluding hydrogens is 202 g/mol. The van der Waals surface area contributed by atoms with Crippen LogP contribution in [0.1, 0.15) is 31.4 Å². The first-order valence-corrected chi connectivity index (χ1v) is 5.61. The molecule has 0 saturated heterocycles. The van der Waals surface area contributed by atoms with Gasteiger partial charge in [-0.1, -0.05) is 19.4 Å². The van der Waals surface area contributed by atoms with E-state index in [4.69, 9.17) is 0 Å². The Kier molecular flexibility index (Phi) is 5.50. The maximum atomic E-state index is 11.2. The Morgan fingerprint density at radius 3 is 2.94 bits per heavy atom. The monoisotopic (exact) mass is 221 g/mol. The molecule has 1 unspecified atom stereocenters. The van der Waals surface area contributed by atoms with Gasteiger partial charge in [0.1, 0.15) is 0 Å². The molecule has 4 heteroatoms. The lowest BCUT2D eigenvalue weighted by Crippen LogP contribution is -2.33. The van der Waals surface area contributed by atoms with Crippen molar-refractivity contribution in [3.05, 3.63) is 30.1 Å². The van der Waals surface area contributed by atoms with Gasteiger partial charge < -0.3 is 10.6 Å². The third kappa shape index (κ3) is 3.98. The van der Waals surface area contributed by atoms with Gasteiger partial charge in [-0.25, -0.2) is 0 Å². The highest BCUT2D eigenvalue weighted by molar-refractivity contribution is 5.77. The summed E-state index contributed by atoms with van der Waals surface area (Å²) in [5.74, 6) is 0.00462. The molecule has 0 spiro atoms. The van der Waals surface area contributed by atoms with E-state index < -0.39 is 0 Å². The van der Waals surface area contributed by atoms with Crippen molar-refractivity contribution in [2.75, 3.05) is 13.6 Å². The van der Waals surface area contributed by atoms with E-state index in [1.54, 1.807) is 13.2 Å². The van der Waals surface area contributed by atoms with Crippen LogP contribution in [0, 0.1) is 0 Å². The van der Waals surface area contributed by atoms with Crippen LogP contribution in [-0.4, -0.2) is 24.5 Å². The van der Waals surface area contributed by atoms with Crippen molar-refractivity contribution in [1.29, 1.82) is 0 Å². The Morgan fingerprint density at radius 2 is 2.38 bits per heavy atom. The summed E-state index contributed by atoms with van der Waals surface area (Å²) >= 11 is 0. The average molecular weight is 221 g/mol. The number of pyridine rings is 1. The fraction of sp³-hybridized carbons (Fsp3) is 0.500. The molecule has 0 aliphatic rings. The molecule has 88 valence electrons. The van der Waals surface area contributed by atoms with Crippen LogP contribution in [0.2, 0.25) is 0 Å². The molecule has 2 N–H and O–H groups in total. The molecule has 0 aliphatic carbocycles. The predicted octanol–water partition coefficient (Wildman–Crippen LogP) is 1.26. The van der Waals surface area contributed by atoms with Gasteiger partial charge in [-0.15, -0.1) is 0 Å². The average Bonchev–Trinajstić information content (AvgIpc) is 2.35. The second-order valence-electron chi connectivity index (χ2n) is 3.68. The first-order valence-electron chi connectivity index (χ1n) is 5.61. The molecule has 0 radical (unpaired) electrons. The van der Waals surface area contributed by atoms with Crippen LogP contribution >= 0.6 is 0 Å². The molecule has 16 heavy (non-hydrogen) atoms. The van der Waals surface area contributed by atoms with Crippen LogP contribution in [-0.2, 0) is 4.79 Å². The lowest BCUT2D eigenvalue weighted by atomic mass is 10.0. The Balaban J connectivity index is 2.57. The van der Waals surface area contributed by atoms with Gasteiger partial charge in [-0.05, 0) is 18.1 Å². The van der Waals surface area contributed by atoms with E-state index in [2.05, 4.69) is 22.5 Å². The van der Waals surface area contributed by atoms with Gasteiger partial charge in [0, 0.05) is 25.5 Å². The maximum Gasteiger partial charge on any atom is 0.233 e. The highest BCUT2D eigenvalue weighted by Crippen LogP contribution is 2.16. The van der Waals surface area contributed by atoms with Crippen LogP contribution in [0.25, 0.3) is 0 Å². The zero-order valence-electron chi connectivity index (χ0n) is 9.86. The predicted molar refractivity (Wildman–Crippen MR) is 64.0 cm³/mol. The number of nitrogens with zero attached hydrogens (tertiary/aromatic N) is 1. The molecule has 4 nitrogen and oxygen atoms in total. The summed E-state index contributed by atoms with van der Waals surface area (Å²) in [4.78, 5) is 15.3. The quantitative estimate of drug-likeness (QED) is 0.760. The smallest absolute Gasteiger partial charge is 0.233 e. The van der Waals surface area contributed by atoms with Crippen molar-refractivity contribution >= 4 is 5.91 Å². The minimum absolute atomic E-state index is 0.00462. The van der Waals surface area contributed by atoms with Crippen molar-refractivity contribution in [2.45, 2.75) is 25.8 Å². The minimum Gasteiger partial charge on any atom is -0.358 e. The largest absolute Gasteiger partial charge is 0.358 e. The van der Waals surface area contributed by atoms with Gasteiger partial charge in [0.15, 0.2) is 0 Å². The van der Waals surface area contributed by atoms with Crippen molar-refractivity contribution < 1.29 is 4.79 Å². The Morgan fingerprint density at radius 1 is 1.56 bits per heavy atom.